The lowest BCUT2D eigenvalue weighted by Gasteiger charge is -2.16. The molecule has 0 radical (unpaired) electrons. The van der Waals surface area contributed by atoms with Crippen molar-refractivity contribution >= 4 is 22.7 Å². The Labute approximate surface area is 107 Å². The van der Waals surface area contributed by atoms with Crippen molar-refractivity contribution in [3.05, 3.63) is 46.7 Å². The minimum Gasteiger partial charge on any atom is -0.378 e. The molecule has 1 unspecified atom stereocenters. The number of anilines is 2. The molecular formula is C14H18N2S. The highest BCUT2D eigenvalue weighted by Gasteiger charge is 2.05. The fraction of sp³-hybridized carbons (Fsp3) is 0.286. The van der Waals surface area contributed by atoms with Crippen molar-refractivity contribution in [2.45, 2.75) is 13.0 Å². The van der Waals surface area contributed by atoms with Gasteiger partial charge in [-0.25, -0.2) is 0 Å². The summed E-state index contributed by atoms with van der Waals surface area (Å²) in [5.74, 6) is 0. The highest BCUT2D eigenvalue weighted by Crippen LogP contribution is 2.24. The number of rotatable bonds is 4. The van der Waals surface area contributed by atoms with Gasteiger partial charge in [0.15, 0.2) is 0 Å². The Balaban J connectivity index is 2.04. The van der Waals surface area contributed by atoms with Crippen molar-refractivity contribution in [1.82, 2.24) is 0 Å². The Morgan fingerprint density at radius 3 is 2.35 bits per heavy atom. The second kappa shape index (κ2) is 5.23. The van der Waals surface area contributed by atoms with Gasteiger partial charge in [-0.3, -0.25) is 0 Å². The molecule has 0 saturated heterocycles. The predicted octanol–water partition coefficient (Wildman–Crippen LogP) is 3.99. The lowest BCUT2D eigenvalue weighted by molar-refractivity contribution is 0.908. The molecular weight excluding hydrogens is 228 g/mol. The van der Waals surface area contributed by atoms with Crippen LogP contribution in [-0.4, -0.2) is 14.1 Å². The summed E-state index contributed by atoms with van der Waals surface area (Å²) in [4.78, 5) is 3.47. The fourth-order valence-electron chi connectivity index (χ4n) is 1.71. The average molecular weight is 246 g/mol. The topological polar surface area (TPSA) is 15.3 Å². The fourth-order valence-corrected chi connectivity index (χ4v) is 2.45. The summed E-state index contributed by atoms with van der Waals surface area (Å²) in [7, 11) is 4.10. The molecule has 17 heavy (non-hydrogen) atoms. The highest BCUT2D eigenvalue weighted by molar-refractivity contribution is 7.10. The molecule has 90 valence electrons. The monoisotopic (exact) mass is 246 g/mol. The second-order valence-electron chi connectivity index (χ2n) is 4.32. The summed E-state index contributed by atoms with van der Waals surface area (Å²) >= 11 is 1.79. The van der Waals surface area contributed by atoms with Crippen LogP contribution in [0.25, 0.3) is 0 Å². The van der Waals surface area contributed by atoms with Crippen LogP contribution in [0.4, 0.5) is 11.4 Å². The summed E-state index contributed by atoms with van der Waals surface area (Å²) in [5, 5.41) is 5.62. The molecule has 0 spiro atoms. The molecule has 2 nitrogen and oxygen atoms in total. The summed E-state index contributed by atoms with van der Waals surface area (Å²) in [6.45, 7) is 2.19. The van der Waals surface area contributed by atoms with Gasteiger partial charge in [0.1, 0.15) is 0 Å². The molecule has 0 aliphatic rings. The third-order valence-corrected chi connectivity index (χ3v) is 3.79. The summed E-state index contributed by atoms with van der Waals surface area (Å²) < 4.78 is 0. The van der Waals surface area contributed by atoms with E-state index in [1.54, 1.807) is 11.3 Å². The summed E-state index contributed by atoms with van der Waals surface area (Å²) in [6.07, 6.45) is 0. The van der Waals surface area contributed by atoms with Crippen LogP contribution in [-0.2, 0) is 0 Å². The maximum absolute atomic E-state index is 3.50. The first-order valence-corrected chi connectivity index (χ1v) is 6.62. The van der Waals surface area contributed by atoms with Crippen LogP contribution in [0.2, 0.25) is 0 Å². The summed E-state index contributed by atoms with van der Waals surface area (Å²) in [6, 6.07) is 13.1. The molecule has 0 amide bonds. The standard InChI is InChI=1S/C14H18N2S/c1-11(14-5-4-10-17-14)15-12-6-8-13(9-7-12)16(2)3/h4-11,15H,1-3H3. The van der Waals surface area contributed by atoms with Gasteiger partial charge in [0.25, 0.3) is 0 Å². The number of hydrogen-bond acceptors (Lipinski definition) is 3. The van der Waals surface area contributed by atoms with Crippen LogP contribution in [0.1, 0.15) is 17.8 Å². The molecule has 1 heterocycles. The van der Waals surface area contributed by atoms with Crippen LogP contribution < -0.4 is 10.2 Å². The minimum absolute atomic E-state index is 0.361. The average Bonchev–Trinajstić information content (AvgIpc) is 2.83. The molecule has 2 aromatic rings. The Morgan fingerprint density at radius 1 is 1.12 bits per heavy atom. The zero-order chi connectivity index (χ0) is 12.3. The Bertz CT molecular complexity index is 446. The molecule has 1 aromatic carbocycles. The van der Waals surface area contributed by atoms with Crippen molar-refractivity contribution in [2.24, 2.45) is 0 Å². The van der Waals surface area contributed by atoms with Crippen LogP contribution in [0, 0.1) is 0 Å². The second-order valence-corrected chi connectivity index (χ2v) is 5.30. The van der Waals surface area contributed by atoms with Crippen molar-refractivity contribution in [3.8, 4) is 0 Å². The van der Waals surface area contributed by atoms with E-state index in [4.69, 9.17) is 0 Å². The van der Waals surface area contributed by atoms with E-state index >= 15 is 0 Å². The van der Waals surface area contributed by atoms with Crippen molar-refractivity contribution in [1.29, 1.82) is 0 Å². The SMILES string of the molecule is CC(Nc1ccc(N(C)C)cc1)c1cccs1. The van der Waals surface area contributed by atoms with Gasteiger partial charge in [-0.2, -0.15) is 0 Å². The van der Waals surface area contributed by atoms with Gasteiger partial charge in [0, 0.05) is 30.3 Å². The zero-order valence-electron chi connectivity index (χ0n) is 10.5. The third kappa shape index (κ3) is 3.01. The first-order valence-electron chi connectivity index (χ1n) is 5.74. The number of thiophene rings is 1. The maximum Gasteiger partial charge on any atom is 0.0578 e. The number of hydrogen-bond donors (Lipinski definition) is 1. The lowest BCUT2D eigenvalue weighted by atomic mass is 10.2. The molecule has 2 rings (SSSR count). The Hall–Kier alpha value is -1.48. The molecule has 0 fully saturated rings. The van der Waals surface area contributed by atoms with E-state index in [2.05, 4.69) is 73.0 Å². The molecule has 1 N–H and O–H groups in total. The van der Waals surface area contributed by atoms with E-state index in [0.717, 1.165) is 5.69 Å². The first kappa shape index (κ1) is 12.0. The van der Waals surface area contributed by atoms with Crippen molar-refractivity contribution in [3.63, 3.8) is 0 Å². The Morgan fingerprint density at radius 2 is 1.82 bits per heavy atom. The summed E-state index contributed by atoms with van der Waals surface area (Å²) in [5.41, 5.74) is 2.39. The molecule has 0 bridgehead atoms. The van der Waals surface area contributed by atoms with E-state index in [1.165, 1.54) is 10.6 Å². The highest BCUT2D eigenvalue weighted by atomic mass is 32.1. The molecule has 3 heteroatoms. The molecule has 1 atom stereocenters. The van der Waals surface area contributed by atoms with E-state index in [9.17, 15) is 0 Å². The molecule has 1 aromatic heterocycles. The first-order chi connectivity index (χ1) is 8.16. The normalized spacial score (nSPS) is 12.2. The maximum atomic E-state index is 3.50. The van der Waals surface area contributed by atoms with Crippen LogP contribution in [0.15, 0.2) is 41.8 Å². The number of benzene rings is 1. The van der Waals surface area contributed by atoms with Crippen LogP contribution >= 0.6 is 11.3 Å². The zero-order valence-corrected chi connectivity index (χ0v) is 11.3. The Kier molecular flexibility index (Phi) is 3.69. The van der Waals surface area contributed by atoms with Gasteiger partial charge < -0.3 is 10.2 Å². The van der Waals surface area contributed by atoms with Gasteiger partial charge in [-0.05, 0) is 42.6 Å². The number of nitrogens with zero attached hydrogens (tertiary/aromatic N) is 1. The van der Waals surface area contributed by atoms with Gasteiger partial charge >= 0.3 is 0 Å². The smallest absolute Gasteiger partial charge is 0.0578 e. The minimum atomic E-state index is 0.361. The molecule has 0 saturated carbocycles. The quantitative estimate of drug-likeness (QED) is 0.877. The van der Waals surface area contributed by atoms with Crippen molar-refractivity contribution < 1.29 is 0 Å². The molecule has 0 aliphatic carbocycles. The van der Waals surface area contributed by atoms with Crippen molar-refractivity contribution in [2.75, 3.05) is 24.3 Å². The lowest BCUT2D eigenvalue weighted by Crippen LogP contribution is -2.09. The predicted molar refractivity (Wildman–Crippen MR) is 77.1 cm³/mol. The van der Waals surface area contributed by atoms with E-state index in [-0.39, 0.29) is 0 Å². The van der Waals surface area contributed by atoms with E-state index in [0.29, 0.717) is 6.04 Å². The van der Waals surface area contributed by atoms with Gasteiger partial charge in [0.2, 0.25) is 0 Å². The molecule has 0 aliphatic heterocycles. The van der Waals surface area contributed by atoms with Gasteiger partial charge in [0.05, 0.1) is 6.04 Å². The van der Waals surface area contributed by atoms with Gasteiger partial charge in [-0.15, -0.1) is 11.3 Å². The van der Waals surface area contributed by atoms with Gasteiger partial charge in [-0.1, -0.05) is 6.07 Å². The van der Waals surface area contributed by atoms with E-state index < -0.39 is 0 Å². The largest absolute Gasteiger partial charge is 0.378 e. The number of nitrogens with one attached hydrogen (secondary N) is 1. The third-order valence-electron chi connectivity index (χ3n) is 2.74. The van der Waals surface area contributed by atoms with Crippen LogP contribution in [0.5, 0.6) is 0 Å². The van der Waals surface area contributed by atoms with E-state index in [1.807, 2.05) is 0 Å². The van der Waals surface area contributed by atoms with Crippen LogP contribution in [0.3, 0.4) is 0 Å².